The Balaban J connectivity index is 1.18. The molecule has 3 aliphatic rings. The van der Waals surface area contributed by atoms with Gasteiger partial charge in [-0.3, -0.25) is 0 Å². The van der Waals surface area contributed by atoms with Crippen molar-refractivity contribution in [3.63, 3.8) is 0 Å². The predicted molar refractivity (Wildman–Crippen MR) is 127 cm³/mol. The molecule has 4 heterocycles. The molecule has 7 nitrogen and oxygen atoms in total. The summed E-state index contributed by atoms with van der Waals surface area (Å²) < 4.78 is 12.3. The van der Waals surface area contributed by atoms with Gasteiger partial charge in [-0.05, 0) is 56.7 Å². The number of fused-ring (bicyclic) bond motifs is 2. The van der Waals surface area contributed by atoms with Gasteiger partial charge < -0.3 is 19.3 Å². The van der Waals surface area contributed by atoms with E-state index in [1.54, 1.807) is 6.07 Å². The van der Waals surface area contributed by atoms with Gasteiger partial charge in [-0.1, -0.05) is 35.0 Å². The van der Waals surface area contributed by atoms with Crippen molar-refractivity contribution in [1.29, 1.82) is 0 Å². The van der Waals surface area contributed by atoms with Crippen LogP contribution in [0.4, 0.5) is 5.82 Å². The molecule has 2 aromatic heterocycles. The molecule has 1 saturated carbocycles. The number of carbonyl (C=O) groups is 1. The van der Waals surface area contributed by atoms with Crippen LogP contribution in [0.25, 0.3) is 11.3 Å². The third-order valence-corrected chi connectivity index (χ3v) is 7.64. The minimum absolute atomic E-state index is 0.146. The lowest BCUT2D eigenvalue weighted by atomic mass is 9.99. The molecule has 2 saturated heterocycles. The minimum atomic E-state index is -0.954. The van der Waals surface area contributed by atoms with Crippen LogP contribution in [-0.4, -0.2) is 39.4 Å². The quantitative estimate of drug-likeness (QED) is 0.466. The molecular weight excluding hydrogens is 454 g/mol. The number of anilines is 1. The van der Waals surface area contributed by atoms with E-state index >= 15 is 0 Å². The lowest BCUT2D eigenvalue weighted by Gasteiger charge is -2.39. The molecule has 0 spiro atoms. The first-order chi connectivity index (χ1) is 16.6. The topological polar surface area (TPSA) is 88.7 Å². The Labute approximate surface area is 202 Å². The van der Waals surface area contributed by atoms with Gasteiger partial charge in [-0.2, -0.15) is 0 Å². The molecule has 2 aliphatic heterocycles. The van der Waals surface area contributed by atoms with Crippen LogP contribution in [0, 0.1) is 0 Å². The van der Waals surface area contributed by atoms with E-state index < -0.39 is 5.97 Å². The van der Waals surface area contributed by atoms with Crippen molar-refractivity contribution in [3.05, 3.63) is 64.5 Å². The van der Waals surface area contributed by atoms with Crippen LogP contribution >= 0.6 is 11.6 Å². The number of halogens is 1. The number of piperidine rings is 1. The number of benzene rings is 1. The van der Waals surface area contributed by atoms with Crippen molar-refractivity contribution in [2.75, 3.05) is 4.90 Å². The van der Waals surface area contributed by atoms with Gasteiger partial charge in [0, 0.05) is 35.3 Å². The zero-order chi connectivity index (χ0) is 23.2. The van der Waals surface area contributed by atoms with E-state index in [4.69, 9.17) is 26.0 Å². The molecular formula is C26H26ClN3O4. The highest BCUT2D eigenvalue weighted by atomic mass is 35.5. The largest absolute Gasteiger partial charge is 0.478 e. The van der Waals surface area contributed by atoms with E-state index in [0.717, 1.165) is 66.9 Å². The van der Waals surface area contributed by atoms with Crippen LogP contribution in [0.5, 0.6) is 0 Å². The summed E-state index contributed by atoms with van der Waals surface area (Å²) in [6.07, 6.45) is 7.88. The smallest absolute Gasteiger partial charge is 0.337 e. The van der Waals surface area contributed by atoms with Crippen LogP contribution < -0.4 is 4.90 Å². The second kappa shape index (κ2) is 8.71. The number of rotatable bonds is 7. The Morgan fingerprint density at radius 3 is 2.53 bits per heavy atom. The average Bonchev–Trinajstić information content (AvgIpc) is 3.55. The second-order valence-corrected chi connectivity index (χ2v) is 9.94. The van der Waals surface area contributed by atoms with Crippen LogP contribution in [0.15, 0.2) is 47.1 Å². The molecule has 1 N–H and O–H groups in total. The average molecular weight is 480 g/mol. The minimum Gasteiger partial charge on any atom is -0.478 e. The standard InChI is InChI=1S/C26H26ClN3O4/c27-22-4-2-1-3-20(22)24-21(25(34-29-24)15-5-6-15)14-33-19-11-17-8-9-18(12-19)30(17)23-10-7-16(13-28-23)26(31)32/h1-4,7,10,13,15,17-19H,5-6,8-9,11-12,14H2,(H,31,32)/t17-,18+,19-. The number of carboxylic acids is 1. The van der Waals surface area contributed by atoms with Crippen LogP contribution in [0.2, 0.25) is 5.02 Å². The molecule has 3 atom stereocenters. The zero-order valence-electron chi connectivity index (χ0n) is 18.7. The summed E-state index contributed by atoms with van der Waals surface area (Å²) in [6, 6.07) is 11.9. The Morgan fingerprint density at radius 2 is 1.88 bits per heavy atom. The van der Waals surface area contributed by atoms with Gasteiger partial charge >= 0.3 is 5.97 Å². The SMILES string of the molecule is O=C(O)c1ccc(N2[C@@H]3CC[C@H]2C[C@H](OCc2c(-c4ccccc4Cl)noc2C2CC2)C3)nc1. The fraction of sp³-hybridized carbons (Fsp3) is 0.423. The summed E-state index contributed by atoms with van der Waals surface area (Å²) >= 11 is 6.47. The molecule has 3 aromatic rings. The summed E-state index contributed by atoms with van der Waals surface area (Å²) in [5, 5.41) is 14.2. The number of aromatic carboxylic acids is 1. The summed E-state index contributed by atoms with van der Waals surface area (Å²) in [5.41, 5.74) is 2.90. The lowest BCUT2D eigenvalue weighted by molar-refractivity contribution is 0.0146. The first-order valence-electron chi connectivity index (χ1n) is 11.9. The van der Waals surface area contributed by atoms with Crippen molar-refractivity contribution < 1.29 is 19.2 Å². The van der Waals surface area contributed by atoms with E-state index in [1.165, 1.54) is 6.20 Å². The number of carboxylic acid groups (broad SMARTS) is 1. The summed E-state index contributed by atoms with van der Waals surface area (Å²) in [4.78, 5) is 18.0. The van der Waals surface area contributed by atoms with Crippen LogP contribution in [0.3, 0.4) is 0 Å². The highest BCUT2D eigenvalue weighted by molar-refractivity contribution is 6.33. The maximum atomic E-state index is 11.2. The predicted octanol–water partition coefficient (Wildman–Crippen LogP) is 5.68. The van der Waals surface area contributed by atoms with Gasteiger partial charge in [-0.25, -0.2) is 9.78 Å². The van der Waals surface area contributed by atoms with Gasteiger partial charge in [-0.15, -0.1) is 0 Å². The molecule has 2 bridgehead atoms. The molecule has 176 valence electrons. The van der Waals surface area contributed by atoms with Crippen molar-refractivity contribution in [2.24, 2.45) is 0 Å². The molecule has 1 aliphatic carbocycles. The molecule has 8 heteroatoms. The van der Waals surface area contributed by atoms with Crippen molar-refractivity contribution in [3.8, 4) is 11.3 Å². The summed E-state index contributed by atoms with van der Waals surface area (Å²) in [5.74, 6) is 1.27. The Bertz CT molecular complexity index is 1190. The van der Waals surface area contributed by atoms with E-state index in [1.807, 2.05) is 30.3 Å². The van der Waals surface area contributed by atoms with E-state index in [2.05, 4.69) is 15.0 Å². The molecule has 0 amide bonds. The lowest BCUT2D eigenvalue weighted by Crippen LogP contribution is -2.46. The van der Waals surface area contributed by atoms with Gasteiger partial charge in [0.25, 0.3) is 0 Å². The molecule has 34 heavy (non-hydrogen) atoms. The van der Waals surface area contributed by atoms with Gasteiger partial charge in [0.05, 0.1) is 23.3 Å². The monoisotopic (exact) mass is 479 g/mol. The number of nitrogens with zero attached hydrogens (tertiary/aromatic N) is 3. The molecule has 0 radical (unpaired) electrons. The van der Waals surface area contributed by atoms with Gasteiger partial charge in [0.1, 0.15) is 17.3 Å². The highest BCUT2D eigenvalue weighted by Gasteiger charge is 2.42. The maximum absolute atomic E-state index is 11.2. The Morgan fingerprint density at radius 1 is 1.12 bits per heavy atom. The first-order valence-corrected chi connectivity index (χ1v) is 12.3. The number of pyridine rings is 1. The second-order valence-electron chi connectivity index (χ2n) is 9.54. The van der Waals surface area contributed by atoms with Crippen LogP contribution in [-0.2, 0) is 11.3 Å². The summed E-state index contributed by atoms with van der Waals surface area (Å²) in [6.45, 7) is 0.464. The first kappa shape index (κ1) is 21.6. The third-order valence-electron chi connectivity index (χ3n) is 7.31. The summed E-state index contributed by atoms with van der Waals surface area (Å²) in [7, 11) is 0. The van der Waals surface area contributed by atoms with Crippen molar-refractivity contribution in [1.82, 2.24) is 10.1 Å². The van der Waals surface area contributed by atoms with Gasteiger partial charge in [0.15, 0.2) is 0 Å². The maximum Gasteiger partial charge on any atom is 0.337 e. The van der Waals surface area contributed by atoms with Crippen molar-refractivity contribution >= 4 is 23.4 Å². The van der Waals surface area contributed by atoms with Crippen molar-refractivity contribution in [2.45, 2.75) is 69.2 Å². The van der Waals surface area contributed by atoms with E-state index in [-0.39, 0.29) is 11.7 Å². The Hall–Kier alpha value is -2.90. The highest BCUT2D eigenvalue weighted by Crippen LogP contribution is 2.45. The Kier molecular flexibility index (Phi) is 5.54. The van der Waals surface area contributed by atoms with E-state index in [0.29, 0.717) is 29.6 Å². The number of aromatic nitrogens is 2. The molecule has 0 unspecified atom stereocenters. The van der Waals surface area contributed by atoms with Crippen LogP contribution in [0.1, 0.15) is 66.1 Å². The normalized spacial score (nSPS) is 23.9. The fourth-order valence-corrected chi connectivity index (χ4v) is 5.72. The fourth-order valence-electron chi connectivity index (χ4n) is 5.50. The molecule has 3 fully saturated rings. The molecule has 1 aromatic carbocycles. The number of hydrogen-bond donors (Lipinski definition) is 1. The number of ether oxygens (including phenoxy) is 1. The molecule has 6 rings (SSSR count). The van der Waals surface area contributed by atoms with E-state index in [9.17, 15) is 4.79 Å². The zero-order valence-corrected chi connectivity index (χ0v) is 19.4. The number of hydrogen-bond acceptors (Lipinski definition) is 6. The third kappa shape index (κ3) is 3.97. The van der Waals surface area contributed by atoms with Gasteiger partial charge in [0.2, 0.25) is 0 Å².